The molecule has 0 aliphatic carbocycles. The number of hydrogen-bond acceptors (Lipinski definition) is 5. The van der Waals surface area contributed by atoms with Gasteiger partial charge in [-0.15, -0.1) is 0 Å². The van der Waals surface area contributed by atoms with Crippen LogP contribution in [0, 0.1) is 18.8 Å². The average molecular weight is 447 g/mol. The second-order valence-corrected chi connectivity index (χ2v) is 9.29. The Morgan fingerprint density at radius 1 is 1.19 bits per heavy atom. The summed E-state index contributed by atoms with van der Waals surface area (Å²) < 4.78 is 17.4. The zero-order chi connectivity index (χ0) is 22.8. The number of guanidine groups is 1. The highest BCUT2D eigenvalue weighted by Gasteiger charge is 2.31. The Balaban J connectivity index is 1.55. The van der Waals surface area contributed by atoms with Gasteiger partial charge in [-0.1, -0.05) is 26.0 Å². The summed E-state index contributed by atoms with van der Waals surface area (Å²) in [4.78, 5) is 7.00. The monoisotopic (exact) mass is 446 g/mol. The standard InChI is InChI=1S/C25H42N4O3/c1-19(2)7-12-32-24-15-20(3)5-6-21(24)16-27-25(26-4)28-17-23(22-8-11-31-18-22)29-9-13-30-14-10-29/h5-6,15,19,22-23H,7-14,16-18H2,1-4H3,(H2,26,27,28). The largest absolute Gasteiger partial charge is 0.493 e. The number of morpholine rings is 1. The zero-order valence-corrected chi connectivity index (χ0v) is 20.4. The van der Waals surface area contributed by atoms with Gasteiger partial charge in [0.15, 0.2) is 5.96 Å². The Kier molecular flexibility index (Phi) is 10.1. The molecule has 2 aliphatic rings. The minimum atomic E-state index is 0.425. The van der Waals surface area contributed by atoms with Crippen molar-refractivity contribution in [3.63, 3.8) is 0 Å². The lowest BCUT2D eigenvalue weighted by Crippen LogP contribution is -2.53. The van der Waals surface area contributed by atoms with Gasteiger partial charge in [0.25, 0.3) is 0 Å². The average Bonchev–Trinajstić information content (AvgIpc) is 3.32. The van der Waals surface area contributed by atoms with Gasteiger partial charge >= 0.3 is 0 Å². The molecule has 3 rings (SSSR count). The van der Waals surface area contributed by atoms with E-state index in [-0.39, 0.29) is 0 Å². The number of benzene rings is 1. The van der Waals surface area contributed by atoms with Crippen LogP contribution in [0.1, 0.15) is 37.8 Å². The molecule has 2 heterocycles. The van der Waals surface area contributed by atoms with E-state index in [4.69, 9.17) is 14.2 Å². The van der Waals surface area contributed by atoms with E-state index in [1.807, 2.05) is 7.05 Å². The van der Waals surface area contributed by atoms with Crippen LogP contribution in [0.3, 0.4) is 0 Å². The second-order valence-electron chi connectivity index (χ2n) is 9.29. The van der Waals surface area contributed by atoms with E-state index in [9.17, 15) is 0 Å². The summed E-state index contributed by atoms with van der Waals surface area (Å²) in [6.45, 7) is 14.1. The highest BCUT2D eigenvalue weighted by Crippen LogP contribution is 2.23. The van der Waals surface area contributed by atoms with Gasteiger partial charge in [-0.05, 0) is 37.3 Å². The van der Waals surface area contributed by atoms with Gasteiger partial charge in [-0.25, -0.2) is 0 Å². The molecule has 2 atom stereocenters. The van der Waals surface area contributed by atoms with E-state index in [2.05, 4.69) is 59.5 Å². The SMILES string of the molecule is CN=C(NCc1ccc(C)cc1OCCC(C)C)NCC(C1CCOC1)N1CCOCC1. The zero-order valence-electron chi connectivity index (χ0n) is 20.4. The maximum Gasteiger partial charge on any atom is 0.191 e. The van der Waals surface area contributed by atoms with Crippen molar-refractivity contribution < 1.29 is 14.2 Å². The van der Waals surface area contributed by atoms with Gasteiger partial charge in [-0.3, -0.25) is 9.89 Å². The van der Waals surface area contributed by atoms with Crippen molar-refractivity contribution in [1.82, 2.24) is 15.5 Å². The Hall–Kier alpha value is -1.83. The first-order valence-corrected chi connectivity index (χ1v) is 12.1. The van der Waals surface area contributed by atoms with Crippen LogP contribution in [-0.2, 0) is 16.0 Å². The molecular formula is C25H42N4O3. The summed E-state index contributed by atoms with van der Waals surface area (Å²) in [5.74, 6) is 2.96. The molecule has 0 radical (unpaired) electrons. The summed E-state index contributed by atoms with van der Waals surface area (Å²) in [6, 6.07) is 6.83. The number of nitrogens with one attached hydrogen (secondary N) is 2. The Labute approximate surface area is 193 Å². The molecule has 2 unspecified atom stereocenters. The molecule has 32 heavy (non-hydrogen) atoms. The third-order valence-electron chi connectivity index (χ3n) is 6.35. The van der Waals surface area contributed by atoms with Crippen molar-refractivity contribution in [2.45, 2.75) is 46.2 Å². The molecule has 0 aromatic heterocycles. The summed E-state index contributed by atoms with van der Waals surface area (Å²) >= 11 is 0. The summed E-state index contributed by atoms with van der Waals surface area (Å²) in [5.41, 5.74) is 2.36. The summed E-state index contributed by atoms with van der Waals surface area (Å²) in [5, 5.41) is 7.04. The lowest BCUT2D eigenvalue weighted by atomic mass is 9.97. The van der Waals surface area contributed by atoms with E-state index in [1.54, 1.807) is 0 Å². The van der Waals surface area contributed by atoms with Crippen molar-refractivity contribution in [2.75, 3.05) is 59.7 Å². The lowest BCUT2D eigenvalue weighted by molar-refractivity contribution is 0.00246. The van der Waals surface area contributed by atoms with Crippen LogP contribution in [0.2, 0.25) is 0 Å². The van der Waals surface area contributed by atoms with E-state index in [1.165, 1.54) is 5.56 Å². The van der Waals surface area contributed by atoms with E-state index >= 15 is 0 Å². The van der Waals surface area contributed by atoms with Gasteiger partial charge in [-0.2, -0.15) is 0 Å². The van der Waals surface area contributed by atoms with Gasteiger partial charge in [0.1, 0.15) is 5.75 Å². The molecule has 0 bridgehead atoms. The number of aliphatic imine (C=N–C) groups is 1. The predicted octanol–water partition coefficient (Wildman–Crippen LogP) is 2.82. The van der Waals surface area contributed by atoms with Crippen molar-refractivity contribution >= 4 is 5.96 Å². The molecular weight excluding hydrogens is 404 g/mol. The molecule has 2 aliphatic heterocycles. The van der Waals surface area contributed by atoms with Crippen molar-refractivity contribution in [3.05, 3.63) is 29.3 Å². The Bertz CT molecular complexity index is 713. The number of aryl methyl sites for hydroxylation is 1. The molecule has 0 saturated carbocycles. The van der Waals surface area contributed by atoms with Gasteiger partial charge in [0.05, 0.1) is 26.4 Å². The quantitative estimate of drug-likeness (QED) is 0.426. The van der Waals surface area contributed by atoms with E-state index in [0.717, 1.165) is 82.8 Å². The molecule has 0 amide bonds. The number of hydrogen-bond donors (Lipinski definition) is 2. The highest BCUT2D eigenvalue weighted by molar-refractivity contribution is 5.79. The molecule has 1 aromatic carbocycles. The second kappa shape index (κ2) is 13.0. The summed E-state index contributed by atoms with van der Waals surface area (Å²) in [6.07, 6.45) is 2.17. The normalized spacial score (nSPS) is 21.0. The molecule has 0 spiro atoms. The van der Waals surface area contributed by atoms with Crippen molar-refractivity contribution in [2.24, 2.45) is 16.8 Å². The number of rotatable bonds is 10. The third-order valence-corrected chi connectivity index (χ3v) is 6.35. The molecule has 2 fully saturated rings. The third kappa shape index (κ3) is 7.64. The maximum absolute atomic E-state index is 6.11. The molecule has 2 N–H and O–H groups in total. The first-order chi connectivity index (χ1) is 15.6. The number of ether oxygens (including phenoxy) is 3. The smallest absolute Gasteiger partial charge is 0.191 e. The molecule has 7 heteroatoms. The van der Waals surface area contributed by atoms with Gasteiger partial charge in [0.2, 0.25) is 0 Å². The molecule has 180 valence electrons. The Morgan fingerprint density at radius 2 is 2.00 bits per heavy atom. The fraction of sp³-hybridized carbons (Fsp3) is 0.720. The number of nitrogens with zero attached hydrogens (tertiary/aromatic N) is 2. The van der Waals surface area contributed by atoms with Gasteiger partial charge < -0.3 is 24.8 Å². The van der Waals surface area contributed by atoms with E-state index in [0.29, 0.717) is 24.4 Å². The fourth-order valence-corrected chi connectivity index (χ4v) is 4.31. The Morgan fingerprint density at radius 3 is 2.69 bits per heavy atom. The molecule has 7 nitrogen and oxygen atoms in total. The van der Waals surface area contributed by atoms with Crippen LogP contribution in [0.4, 0.5) is 0 Å². The van der Waals surface area contributed by atoms with E-state index < -0.39 is 0 Å². The predicted molar refractivity (Wildman–Crippen MR) is 129 cm³/mol. The molecule has 1 aromatic rings. The van der Waals surface area contributed by atoms with Crippen LogP contribution in [0.15, 0.2) is 23.2 Å². The van der Waals surface area contributed by atoms with Crippen LogP contribution in [-0.4, -0.2) is 76.6 Å². The van der Waals surface area contributed by atoms with Crippen LogP contribution in [0.25, 0.3) is 0 Å². The fourth-order valence-electron chi connectivity index (χ4n) is 4.31. The molecule has 2 saturated heterocycles. The van der Waals surface area contributed by atoms with Crippen molar-refractivity contribution in [1.29, 1.82) is 0 Å². The highest BCUT2D eigenvalue weighted by atomic mass is 16.5. The first kappa shape index (κ1) is 24.8. The van der Waals surface area contributed by atoms with Crippen LogP contribution in [0.5, 0.6) is 5.75 Å². The van der Waals surface area contributed by atoms with Crippen LogP contribution < -0.4 is 15.4 Å². The topological polar surface area (TPSA) is 67.4 Å². The van der Waals surface area contributed by atoms with Crippen molar-refractivity contribution in [3.8, 4) is 5.75 Å². The van der Waals surface area contributed by atoms with Gasteiger partial charge in [0, 0.05) is 57.4 Å². The first-order valence-electron chi connectivity index (χ1n) is 12.1. The summed E-state index contributed by atoms with van der Waals surface area (Å²) in [7, 11) is 1.83. The maximum atomic E-state index is 6.11. The van der Waals surface area contributed by atoms with Crippen LogP contribution >= 0.6 is 0 Å². The minimum Gasteiger partial charge on any atom is -0.493 e. The minimum absolute atomic E-state index is 0.425. The lowest BCUT2D eigenvalue weighted by Gasteiger charge is -2.37.